The number of rotatable bonds is 24. The second kappa shape index (κ2) is 26.3. The summed E-state index contributed by atoms with van der Waals surface area (Å²) < 4.78 is 17.3. The largest absolute Gasteiger partial charge is 0.494 e. The maximum atomic E-state index is 12.6. The van der Waals surface area contributed by atoms with Crippen molar-refractivity contribution in [2.75, 3.05) is 13.2 Å². The minimum absolute atomic E-state index is 0.00299. The van der Waals surface area contributed by atoms with Crippen molar-refractivity contribution in [3.05, 3.63) is 156 Å². The first-order valence-electron chi connectivity index (χ1n) is 22.9. The molecule has 0 aromatic heterocycles. The number of unbranched alkanes of at least 4 members (excludes halogenated alkanes) is 2. The fourth-order valence-corrected chi connectivity index (χ4v) is 8.94. The number of aliphatic hydroxyl groups excluding tert-OH is 4. The summed E-state index contributed by atoms with van der Waals surface area (Å²) in [7, 11) is 0. The molecule has 0 saturated heterocycles. The second-order valence-electron chi connectivity index (χ2n) is 17.3. The van der Waals surface area contributed by atoms with Gasteiger partial charge in [0.15, 0.2) is 0 Å². The molecular formula is C54H68O9S. The number of esters is 1. The Labute approximate surface area is 384 Å². The first-order valence-corrected chi connectivity index (χ1v) is 23.8. The van der Waals surface area contributed by atoms with Crippen LogP contribution >= 0.6 is 11.8 Å². The van der Waals surface area contributed by atoms with Crippen molar-refractivity contribution >= 4 is 34.0 Å². The zero-order valence-corrected chi connectivity index (χ0v) is 38.4. The summed E-state index contributed by atoms with van der Waals surface area (Å²) in [6, 6.07) is 19.3. The Kier molecular flexibility index (Phi) is 20.7. The Balaban J connectivity index is 0.000000241. The molecule has 2 aromatic carbocycles. The minimum atomic E-state index is -0.707. The van der Waals surface area contributed by atoms with Gasteiger partial charge in [0.05, 0.1) is 43.2 Å². The Morgan fingerprint density at radius 3 is 1.58 bits per heavy atom. The van der Waals surface area contributed by atoms with E-state index in [1.165, 1.54) is 11.8 Å². The van der Waals surface area contributed by atoms with Crippen LogP contribution in [0.25, 0.3) is 11.1 Å². The molecule has 2 aliphatic carbocycles. The smallest absolute Gasteiger partial charge is 0.339 e. The van der Waals surface area contributed by atoms with E-state index in [4.69, 9.17) is 14.2 Å². The highest BCUT2D eigenvalue weighted by Gasteiger charge is 2.32. The van der Waals surface area contributed by atoms with E-state index < -0.39 is 24.4 Å². The maximum Gasteiger partial charge on any atom is 0.339 e. The van der Waals surface area contributed by atoms with Crippen molar-refractivity contribution in [2.24, 2.45) is 11.8 Å². The molecule has 0 amide bonds. The molecule has 8 unspecified atom stereocenters. The molecule has 0 fully saturated rings. The quantitative estimate of drug-likeness (QED) is 0.0457. The number of thioether (sulfide) groups is 1. The molecule has 0 radical (unpaired) electrons. The normalized spacial score (nSPS) is 21.8. The first kappa shape index (κ1) is 50.3. The third-order valence-electron chi connectivity index (χ3n) is 11.6. The SMILES string of the molecule is C=C(C)CCCC(O)C(O)CCCCOC1=CC2OC(=O)C(c3ccccc3)=CC2C=C1.C=C(C)CCCC(O)C(O)CCCCOC1=CC2SC(=O)C(c3ccccc3)=CC2C=C1. The van der Waals surface area contributed by atoms with Crippen LogP contribution < -0.4 is 0 Å². The molecule has 8 atom stereocenters. The zero-order chi connectivity index (χ0) is 45.8. The van der Waals surface area contributed by atoms with E-state index in [9.17, 15) is 30.0 Å². The van der Waals surface area contributed by atoms with Gasteiger partial charge >= 0.3 is 5.97 Å². The fourth-order valence-electron chi connectivity index (χ4n) is 7.85. The van der Waals surface area contributed by atoms with Crippen LogP contribution in [0.4, 0.5) is 0 Å². The Hall–Kier alpha value is -4.71. The van der Waals surface area contributed by atoms with Crippen LogP contribution in [0.1, 0.15) is 102 Å². The lowest BCUT2D eigenvalue weighted by atomic mass is 9.90. The molecule has 6 rings (SSSR count). The molecule has 4 aliphatic rings. The lowest BCUT2D eigenvalue weighted by molar-refractivity contribution is -0.141. The third kappa shape index (κ3) is 16.4. The number of hydrogen-bond donors (Lipinski definition) is 4. The molecule has 0 spiro atoms. The topological polar surface area (TPSA) is 143 Å². The van der Waals surface area contributed by atoms with Gasteiger partial charge in [-0.3, -0.25) is 4.79 Å². The van der Waals surface area contributed by atoms with Crippen LogP contribution in [0.2, 0.25) is 0 Å². The van der Waals surface area contributed by atoms with E-state index in [2.05, 4.69) is 25.3 Å². The van der Waals surface area contributed by atoms with Crippen molar-refractivity contribution < 1.29 is 44.2 Å². The van der Waals surface area contributed by atoms with Gasteiger partial charge in [-0.05, 0) is 126 Å². The van der Waals surface area contributed by atoms with Gasteiger partial charge in [-0.25, -0.2) is 4.79 Å². The van der Waals surface area contributed by atoms with Gasteiger partial charge in [-0.15, -0.1) is 13.2 Å². The average molecular weight is 893 g/mol. The van der Waals surface area contributed by atoms with E-state index in [0.717, 1.165) is 85.0 Å². The Morgan fingerprint density at radius 2 is 1.06 bits per heavy atom. The molecule has 64 heavy (non-hydrogen) atoms. The number of carbonyl (C=O) groups excluding carboxylic acids is 2. The van der Waals surface area contributed by atoms with Crippen molar-refractivity contribution in [1.82, 2.24) is 0 Å². The van der Waals surface area contributed by atoms with Crippen molar-refractivity contribution in [1.29, 1.82) is 0 Å². The number of allylic oxidation sites excluding steroid dienone is 6. The van der Waals surface area contributed by atoms with Crippen molar-refractivity contribution in [3.63, 3.8) is 0 Å². The Bertz CT molecular complexity index is 1880. The average Bonchev–Trinajstić information content (AvgIpc) is 3.28. The molecule has 2 heterocycles. The highest BCUT2D eigenvalue weighted by Crippen LogP contribution is 2.39. The van der Waals surface area contributed by atoms with Crippen LogP contribution in [0.5, 0.6) is 0 Å². The van der Waals surface area contributed by atoms with Gasteiger partial charge in [0.25, 0.3) is 0 Å². The maximum absolute atomic E-state index is 12.6. The number of hydrogen-bond acceptors (Lipinski definition) is 10. The third-order valence-corrected chi connectivity index (χ3v) is 12.8. The number of carbonyl (C=O) groups is 2. The molecular weight excluding hydrogens is 825 g/mol. The zero-order valence-electron chi connectivity index (χ0n) is 37.6. The Morgan fingerprint density at radius 1 is 0.609 bits per heavy atom. The van der Waals surface area contributed by atoms with Crippen molar-refractivity contribution in [3.8, 4) is 0 Å². The number of aliphatic hydroxyl groups is 4. The number of fused-ring (bicyclic) bond motifs is 2. The summed E-state index contributed by atoms with van der Waals surface area (Å²) in [6.45, 7) is 12.7. The lowest BCUT2D eigenvalue weighted by Gasteiger charge is -2.29. The van der Waals surface area contributed by atoms with Gasteiger partial charge in [0, 0.05) is 22.7 Å². The van der Waals surface area contributed by atoms with Gasteiger partial charge in [0.1, 0.15) is 17.6 Å². The summed E-state index contributed by atoms with van der Waals surface area (Å²) in [5.74, 6) is 1.34. The van der Waals surface area contributed by atoms with E-state index in [1.807, 2.05) is 111 Å². The number of benzene rings is 2. The standard InChI is InChI=1S/C27H34O5.C27H34O4S/c2*1-19(2)9-8-13-25(29)24(28)12-6-7-16-31-22-15-14-21-17-23(20-10-4-3-5-11-20)27(30)32-26(21)18-22/h2*3-5,10-11,14-15,17-18,21,24-26,28-29H,1,6-9,12-13,16H2,2H3. The molecule has 0 bridgehead atoms. The van der Waals surface area contributed by atoms with E-state index in [1.54, 1.807) is 0 Å². The van der Waals surface area contributed by atoms with E-state index >= 15 is 0 Å². The lowest BCUT2D eigenvalue weighted by Crippen LogP contribution is -2.30. The van der Waals surface area contributed by atoms with Crippen LogP contribution in [-0.2, 0) is 23.8 Å². The summed E-state index contributed by atoms with van der Waals surface area (Å²) >= 11 is 1.35. The molecule has 2 aliphatic heterocycles. The summed E-state index contributed by atoms with van der Waals surface area (Å²) in [5, 5.41) is 40.5. The van der Waals surface area contributed by atoms with Crippen LogP contribution in [-0.4, -0.2) is 80.5 Å². The summed E-state index contributed by atoms with van der Waals surface area (Å²) in [6.07, 6.45) is 21.7. The minimum Gasteiger partial charge on any atom is -0.494 e. The molecule has 10 heteroatoms. The van der Waals surface area contributed by atoms with Gasteiger partial charge in [-0.2, -0.15) is 0 Å². The predicted octanol–water partition coefficient (Wildman–Crippen LogP) is 10.2. The van der Waals surface area contributed by atoms with Gasteiger partial charge < -0.3 is 34.6 Å². The molecule has 9 nitrogen and oxygen atoms in total. The first-order chi connectivity index (χ1) is 30.9. The predicted molar refractivity (Wildman–Crippen MR) is 257 cm³/mol. The molecule has 0 saturated carbocycles. The summed E-state index contributed by atoms with van der Waals surface area (Å²) in [5.41, 5.74) is 5.39. The van der Waals surface area contributed by atoms with Gasteiger partial charge in [0.2, 0.25) is 5.12 Å². The second-order valence-corrected chi connectivity index (χ2v) is 18.5. The van der Waals surface area contributed by atoms with Crippen LogP contribution in [0.3, 0.4) is 0 Å². The molecule has 4 N–H and O–H groups in total. The van der Waals surface area contributed by atoms with E-state index in [-0.39, 0.29) is 34.3 Å². The monoisotopic (exact) mass is 892 g/mol. The number of ether oxygens (including phenoxy) is 3. The molecule has 2 aromatic rings. The highest BCUT2D eigenvalue weighted by molar-refractivity contribution is 8.15. The van der Waals surface area contributed by atoms with Gasteiger partial charge in [-0.1, -0.05) is 108 Å². The van der Waals surface area contributed by atoms with Crippen molar-refractivity contribution in [2.45, 2.75) is 127 Å². The van der Waals surface area contributed by atoms with E-state index in [0.29, 0.717) is 50.2 Å². The van der Waals surface area contributed by atoms with Crippen LogP contribution in [0, 0.1) is 11.8 Å². The highest BCUT2D eigenvalue weighted by atomic mass is 32.2. The fraction of sp³-hybridized carbons (Fsp3) is 0.444. The molecule has 344 valence electrons. The summed E-state index contributed by atoms with van der Waals surface area (Å²) in [4.78, 5) is 25.1. The van der Waals surface area contributed by atoms with Crippen LogP contribution in [0.15, 0.2) is 145 Å².